The van der Waals surface area contributed by atoms with Crippen LogP contribution in [0.1, 0.15) is 45.1 Å². The van der Waals surface area contributed by atoms with Gasteiger partial charge in [-0.25, -0.2) is 5.43 Å². The van der Waals surface area contributed by atoms with Crippen molar-refractivity contribution in [2.45, 2.75) is 39.5 Å². The number of unbranched alkanes of at least 4 members (excludes halogenated alkanes) is 1. The van der Waals surface area contributed by atoms with Crippen molar-refractivity contribution in [3.63, 3.8) is 0 Å². The summed E-state index contributed by atoms with van der Waals surface area (Å²) in [7, 11) is 1.64. The second kappa shape index (κ2) is 8.29. The predicted molar refractivity (Wildman–Crippen MR) is 77.5 cm³/mol. The molecule has 4 nitrogen and oxygen atoms in total. The van der Waals surface area contributed by atoms with Crippen LogP contribution in [0.2, 0.25) is 0 Å². The maximum absolute atomic E-state index is 11.5. The van der Waals surface area contributed by atoms with Gasteiger partial charge in [0.15, 0.2) is 0 Å². The molecule has 0 bridgehead atoms. The molecule has 0 unspecified atom stereocenters. The topological polar surface area (TPSA) is 50.7 Å². The van der Waals surface area contributed by atoms with Crippen molar-refractivity contribution in [3.05, 3.63) is 29.8 Å². The van der Waals surface area contributed by atoms with E-state index in [0.29, 0.717) is 6.42 Å². The summed E-state index contributed by atoms with van der Waals surface area (Å²) in [5.41, 5.74) is 4.48. The lowest BCUT2D eigenvalue weighted by molar-refractivity contribution is -0.121. The van der Waals surface area contributed by atoms with Crippen molar-refractivity contribution in [2.75, 3.05) is 7.11 Å². The maximum Gasteiger partial charge on any atom is 0.240 e. The molecular formula is C15H22N2O2. The molecule has 0 saturated carbocycles. The highest BCUT2D eigenvalue weighted by Crippen LogP contribution is 2.13. The Bertz CT molecular complexity index is 424. The van der Waals surface area contributed by atoms with E-state index in [1.807, 2.05) is 31.2 Å². The first-order chi connectivity index (χ1) is 9.21. The summed E-state index contributed by atoms with van der Waals surface area (Å²) in [6.45, 7) is 4.08. The Morgan fingerprint density at radius 1 is 1.26 bits per heavy atom. The molecule has 0 aliphatic rings. The number of carbonyl (C=O) groups excluding carboxylic acids is 1. The number of hydrogen-bond donors (Lipinski definition) is 1. The van der Waals surface area contributed by atoms with Crippen molar-refractivity contribution < 1.29 is 9.53 Å². The van der Waals surface area contributed by atoms with Crippen LogP contribution in [-0.2, 0) is 4.79 Å². The number of hydrogen-bond acceptors (Lipinski definition) is 3. The third kappa shape index (κ3) is 5.12. The quantitative estimate of drug-likeness (QED) is 0.606. The van der Waals surface area contributed by atoms with E-state index in [0.717, 1.165) is 36.3 Å². The minimum absolute atomic E-state index is 0.0266. The Balaban J connectivity index is 2.67. The van der Waals surface area contributed by atoms with Gasteiger partial charge in [-0.15, -0.1) is 0 Å². The van der Waals surface area contributed by atoms with Gasteiger partial charge in [-0.05, 0) is 42.7 Å². The molecule has 1 amide bonds. The zero-order chi connectivity index (χ0) is 14.1. The van der Waals surface area contributed by atoms with Crippen LogP contribution in [0.5, 0.6) is 5.75 Å². The molecule has 19 heavy (non-hydrogen) atoms. The lowest BCUT2D eigenvalue weighted by Gasteiger charge is -2.06. The van der Waals surface area contributed by atoms with Crippen LogP contribution in [0, 0.1) is 0 Å². The maximum atomic E-state index is 11.5. The predicted octanol–water partition coefficient (Wildman–Crippen LogP) is 3.12. The number of hydrazone groups is 1. The van der Waals surface area contributed by atoms with Crippen molar-refractivity contribution >= 4 is 11.6 Å². The second-order valence-corrected chi connectivity index (χ2v) is 4.28. The molecule has 0 spiro atoms. The molecule has 1 N–H and O–H groups in total. The fraction of sp³-hybridized carbons (Fsp3) is 0.467. The molecule has 104 valence electrons. The van der Waals surface area contributed by atoms with Crippen molar-refractivity contribution in [1.29, 1.82) is 0 Å². The second-order valence-electron chi connectivity index (χ2n) is 4.28. The molecule has 4 heteroatoms. The number of rotatable bonds is 7. The summed E-state index contributed by atoms with van der Waals surface area (Å²) in [6.07, 6.45) is 3.20. The monoisotopic (exact) mass is 262 g/mol. The summed E-state index contributed by atoms with van der Waals surface area (Å²) in [4.78, 5) is 11.5. The normalized spacial score (nSPS) is 11.2. The molecule has 0 aromatic heterocycles. The Kier molecular flexibility index (Phi) is 6.64. The lowest BCUT2D eigenvalue weighted by Crippen LogP contribution is -2.19. The van der Waals surface area contributed by atoms with Crippen molar-refractivity contribution in [1.82, 2.24) is 5.43 Å². The van der Waals surface area contributed by atoms with E-state index in [9.17, 15) is 4.79 Å². The molecule has 1 rings (SSSR count). The fourth-order valence-corrected chi connectivity index (χ4v) is 1.65. The van der Waals surface area contributed by atoms with Crippen LogP contribution in [0.4, 0.5) is 0 Å². The highest BCUT2D eigenvalue weighted by molar-refractivity contribution is 6.00. The minimum Gasteiger partial charge on any atom is -0.497 e. The molecule has 0 radical (unpaired) electrons. The summed E-state index contributed by atoms with van der Waals surface area (Å²) in [5.74, 6) is 0.785. The fourth-order valence-electron chi connectivity index (χ4n) is 1.65. The molecule has 0 aliphatic carbocycles. The van der Waals surface area contributed by atoms with E-state index in [2.05, 4.69) is 17.5 Å². The van der Waals surface area contributed by atoms with E-state index in [1.165, 1.54) is 0 Å². The van der Waals surface area contributed by atoms with E-state index in [-0.39, 0.29) is 5.91 Å². The number of methoxy groups -OCH3 is 1. The Morgan fingerprint density at radius 3 is 2.47 bits per heavy atom. The van der Waals surface area contributed by atoms with E-state index in [4.69, 9.17) is 4.74 Å². The van der Waals surface area contributed by atoms with Crippen LogP contribution in [-0.4, -0.2) is 18.7 Å². The number of ether oxygens (including phenoxy) is 1. The average molecular weight is 262 g/mol. The first kappa shape index (κ1) is 15.2. The van der Waals surface area contributed by atoms with Crippen LogP contribution in [0.15, 0.2) is 29.4 Å². The molecule has 0 aliphatic heterocycles. The third-order valence-corrected chi connectivity index (χ3v) is 2.83. The number of amides is 1. The zero-order valence-corrected chi connectivity index (χ0v) is 11.9. The summed E-state index contributed by atoms with van der Waals surface area (Å²) in [6, 6.07) is 7.66. The molecule has 0 saturated heterocycles. The molecule has 1 aromatic carbocycles. The molecule has 0 atom stereocenters. The van der Waals surface area contributed by atoms with Gasteiger partial charge in [0.05, 0.1) is 12.8 Å². The summed E-state index contributed by atoms with van der Waals surface area (Å²) in [5, 5.41) is 4.20. The van der Waals surface area contributed by atoms with Crippen LogP contribution >= 0.6 is 0 Å². The van der Waals surface area contributed by atoms with Crippen LogP contribution < -0.4 is 10.2 Å². The minimum atomic E-state index is -0.0266. The van der Waals surface area contributed by atoms with Gasteiger partial charge < -0.3 is 4.74 Å². The Labute approximate surface area is 114 Å². The highest BCUT2D eigenvalue weighted by atomic mass is 16.5. The zero-order valence-electron chi connectivity index (χ0n) is 11.9. The van der Waals surface area contributed by atoms with Gasteiger partial charge in [-0.3, -0.25) is 4.79 Å². The number of benzene rings is 1. The van der Waals surface area contributed by atoms with Crippen LogP contribution in [0.25, 0.3) is 0 Å². The Hall–Kier alpha value is -1.84. The van der Waals surface area contributed by atoms with Crippen molar-refractivity contribution in [3.8, 4) is 5.75 Å². The van der Waals surface area contributed by atoms with Crippen LogP contribution in [0.3, 0.4) is 0 Å². The first-order valence-corrected chi connectivity index (χ1v) is 6.71. The average Bonchev–Trinajstić information content (AvgIpc) is 2.46. The van der Waals surface area contributed by atoms with E-state index in [1.54, 1.807) is 7.11 Å². The summed E-state index contributed by atoms with van der Waals surface area (Å²) < 4.78 is 5.12. The van der Waals surface area contributed by atoms with Gasteiger partial charge in [-0.2, -0.15) is 5.10 Å². The van der Waals surface area contributed by atoms with Gasteiger partial charge in [0.25, 0.3) is 0 Å². The Morgan fingerprint density at radius 2 is 1.95 bits per heavy atom. The highest BCUT2D eigenvalue weighted by Gasteiger charge is 2.03. The first-order valence-electron chi connectivity index (χ1n) is 6.71. The molecule has 0 fully saturated rings. The van der Waals surface area contributed by atoms with E-state index < -0.39 is 0 Å². The smallest absolute Gasteiger partial charge is 0.240 e. The van der Waals surface area contributed by atoms with E-state index >= 15 is 0 Å². The number of carbonyl (C=O) groups is 1. The molecular weight excluding hydrogens is 240 g/mol. The SMILES string of the molecule is CCCCC(=O)N/N=C(\CC)c1ccc(OC)cc1. The van der Waals surface area contributed by atoms with Gasteiger partial charge in [-0.1, -0.05) is 20.3 Å². The van der Waals surface area contributed by atoms with Gasteiger partial charge in [0.2, 0.25) is 5.91 Å². The largest absolute Gasteiger partial charge is 0.497 e. The lowest BCUT2D eigenvalue weighted by atomic mass is 10.1. The standard InChI is InChI=1S/C15H22N2O2/c1-4-6-7-15(18)17-16-14(5-2)12-8-10-13(19-3)11-9-12/h8-11H,4-7H2,1-3H3,(H,17,18)/b16-14+. The number of nitrogens with zero attached hydrogens (tertiary/aromatic N) is 1. The van der Waals surface area contributed by atoms with Gasteiger partial charge >= 0.3 is 0 Å². The molecule has 1 aromatic rings. The van der Waals surface area contributed by atoms with Crippen molar-refractivity contribution in [2.24, 2.45) is 5.10 Å². The van der Waals surface area contributed by atoms with Gasteiger partial charge in [0.1, 0.15) is 5.75 Å². The third-order valence-electron chi connectivity index (χ3n) is 2.83. The summed E-state index contributed by atoms with van der Waals surface area (Å²) >= 11 is 0. The number of nitrogens with one attached hydrogen (secondary N) is 1. The van der Waals surface area contributed by atoms with Gasteiger partial charge in [0, 0.05) is 6.42 Å². The molecule has 0 heterocycles.